The zero-order valence-corrected chi connectivity index (χ0v) is 29.6. The fraction of sp³-hybridized carbons (Fsp3) is 0.513. The summed E-state index contributed by atoms with van der Waals surface area (Å²) < 4.78 is 31.7. The first-order valence-corrected chi connectivity index (χ1v) is 18.8. The van der Waals surface area contributed by atoms with Crippen LogP contribution in [0.15, 0.2) is 30.3 Å². The smallest absolute Gasteiger partial charge is 0.226 e. The number of halogens is 3. The van der Waals surface area contributed by atoms with Gasteiger partial charge in [-0.25, -0.2) is 9.37 Å². The number of carbonyl (C=O) groups excluding carboxylic acids is 1. The predicted octanol–water partition coefficient (Wildman–Crippen LogP) is 7.70. The van der Waals surface area contributed by atoms with Gasteiger partial charge in [-0.2, -0.15) is 5.26 Å². The quantitative estimate of drug-likeness (QED) is 0.191. The summed E-state index contributed by atoms with van der Waals surface area (Å²) in [6.45, 7) is 5.58. The first-order chi connectivity index (χ1) is 24.3. The number of likely N-dealkylation sites (tertiary alicyclic amines) is 1. The van der Waals surface area contributed by atoms with Crippen LogP contribution in [-0.4, -0.2) is 65.4 Å². The lowest BCUT2D eigenvalue weighted by atomic mass is 9.79. The second kappa shape index (κ2) is 12.8. The van der Waals surface area contributed by atoms with Crippen LogP contribution in [0.5, 0.6) is 0 Å². The molecule has 6 fully saturated rings. The van der Waals surface area contributed by atoms with Crippen molar-refractivity contribution in [2.75, 3.05) is 32.9 Å². The Bertz CT molecular complexity index is 2050. The van der Waals surface area contributed by atoms with E-state index in [0.29, 0.717) is 71.0 Å². The molecule has 2 saturated carbocycles. The summed E-state index contributed by atoms with van der Waals surface area (Å²) in [6, 6.07) is 12.0. The molecule has 2 aromatic carbocycles. The van der Waals surface area contributed by atoms with E-state index < -0.39 is 5.82 Å². The molecule has 4 saturated heterocycles. The largest absolute Gasteiger partial charge is 0.381 e. The van der Waals surface area contributed by atoms with Crippen LogP contribution in [0.1, 0.15) is 67.6 Å². The molecule has 4 aromatic rings. The van der Waals surface area contributed by atoms with E-state index in [1.807, 2.05) is 13.0 Å². The summed E-state index contributed by atoms with van der Waals surface area (Å²) in [5.74, 6) is 0.653. The predicted molar refractivity (Wildman–Crippen MR) is 191 cm³/mol. The number of hydrogen-bond acceptors (Lipinski definition) is 6. The molecule has 8 nitrogen and oxygen atoms in total. The maximum atomic E-state index is 17.1. The van der Waals surface area contributed by atoms with Gasteiger partial charge in [0.1, 0.15) is 5.52 Å². The number of rotatable bonds is 9. The third-order valence-corrected chi connectivity index (χ3v) is 12.7. The maximum absolute atomic E-state index is 17.1. The Kier molecular flexibility index (Phi) is 8.32. The van der Waals surface area contributed by atoms with Crippen molar-refractivity contribution in [2.24, 2.45) is 17.8 Å². The highest BCUT2D eigenvalue weighted by molar-refractivity contribution is 6.43. The first-order valence-electron chi connectivity index (χ1n) is 18.0. The Hall–Kier alpha value is -3.26. The molecule has 2 aromatic heterocycles. The van der Waals surface area contributed by atoms with Crippen molar-refractivity contribution in [1.29, 1.82) is 5.26 Å². The number of nitriles is 1. The van der Waals surface area contributed by atoms with Gasteiger partial charge in [-0.3, -0.25) is 4.79 Å². The van der Waals surface area contributed by atoms with E-state index in [9.17, 15) is 10.1 Å². The van der Waals surface area contributed by atoms with Crippen LogP contribution in [0, 0.1) is 41.8 Å². The Morgan fingerprint density at radius 1 is 1.20 bits per heavy atom. The minimum atomic E-state index is -0.468. The van der Waals surface area contributed by atoms with Gasteiger partial charge in [0, 0.05) is 83.7 Å². The third kappa shape index (κ3) is 5.33. The third-order valence-electron chi connectivity index (χ3n) is 11.8. The summed E-state index contributed by atoms with van der Waals surface area (Å²) in [5.41, 5.74) is 4.52. The molecule has 2 aliphatic carbocycles. The number of nitrogens with one attached hydrogen (secondary N) is 1. The zero-order chi connectivity index (χ0) is 34.3. The summed E-state index contributed by atoms with van der Waals surface area (Å²) >= 11 is 13.1. The van der Waals surface area contributed by atoms with Crippen molar-refractivity contribution in [3.63, 3.8) is 0 Å². The Morgan fingerprint density at radius 2 is 2.06 bits per heavy atom. The van der Waals surface area contributed by atoms with Crippen LogP contribution >= 0.6 is 23.2 Å². The molecule has 6 aliphatic rings. The van der Waals surface area contributed by atoms with Crippen molar-refractivity contribution in [2.45, 2.75) is 76.1 Å². The van der Waals surface area contributed by atoms with E-state index in [2.05, 4.69) is 26.9 Å². The summed E-state index contributed by atoms with van der Waals surface area (Å²) in [4.78, 5) is 20.9. The van der Waals surface area contributed by atoms with E-state index in [-0.39, 0.29) is 47.0 Å². The molecule has 6 heterocycles. The molecule has 0 unspecified atom stereocenters. The van der Waals surface area contributed by atoms with Crippen molar-refractivity contribution < 1.29 is 18.7 Å². The van der Waals surface area contributed by atoms with Crippen molar-refractivity contribution in [3.8, 4) is 17.2 Å². The molecule has 11 heteroatoms. The molecule has 260 valence electrons. The van der Waals surface area contributed by atoms with Crippen molar-refractivity contribution >= 4 is 50.9 Å². The minimum absolute atomic E-state index is 0.0676. The van der Waals surface area contributed by atoms with E-state index in [1.165, 1.54) is 0 Å². The molecule has 0 spiro atoms. The van der Waals surface area contributed by atoms with Gasteiger partial charge in [0.05, 0.1) is 53.0 Å². The maximum Gasteiger partial charge on any atom is 0.226 e. The van der Waals surface area contributed by atoms with Gasteiger partial charge in [0.2, 0.25) is 5.91 Å². The van der Waals surface area contributed by atoms with Crippen LogP contribution in [0.2, 0.25) is 10.0 Å². The van der Waals surface area contributed by atoms with E-state index in [0.717, 1.165) is 67.7 Å². The molecule has 10 rings (SSSR count). The molecule has 4 aliphatic heterocycles. The average molecular weight is 717 g/mol. The lowest BCUT2D eigenvalue weighted by Gasteiger charge is -2.39. The van der Waals surface area contributed by atoms with Gasteiger partial charge in [-0.1, -0.05) is 35.3 Å². The fourth-order valence-corrected chi connectivity index (χ4v) is 9.49. The Labute approximate surface area is 300 Å². The van der Waals surface area contributed by atoms with E-state index >= 15 is 4.39 Å². The molecule has 50 heavy (non-hydrogen) atoms. The zero-order valence-electron chi connectivity index (χ0n) is 28.1. The summed E-state index contributed by atoms with van der Waals surface area (Å²) in [5, 5.41) is 15.6. The Morgan fingerprint density at radius 3 is 2.78 bits per heavy atom. The van der Waals surface area contributed by atoms with Crippen molar-refractivity contribution in [1.82, 2.24) is 19.8 Å². The summed E-state index contributed by atoms with van der Waals surface area (Å²) in [7, 11) is 0. The number of ether oxygens (including phenoxy) is 2. The molecular formula is C39H40Cl2FN5O3. The number of aryl methyl sites for hydroxylation is 2. The standard InChI is InChI=1S/C39H40Cl2FN5O3/c1-20-27-15-32(31-14-25(50-19-21-9-11-49-18-21)17-46(31)39(48)22-7-8-22)47(37-24-13-30(37)44-16-24)38(27)28-12-23(4-3-10-43)33(35(42)36(28)45-20)26-5-2-6-29(40)34(26)41/h2,5-6,12,15,21-22,24-25,30-31,37,44H,3-4,7-9,11,13-14,16-19H2,1H3/t21-,24+,25-,30+,31+,37-/m0/s1. The second-order valence-electron chi connectivity index (χ2n) is 15.0. The molecule has 1 amide bonds. The van der Waals surface area contributed by atoms with Crippen molar-refractivity contribution in [3.05, 3.63) is 63.1 Å². The highest BCUT2D eigenvalue weighted by Gasteiger charge is 2.51. The molecule has 0 radical (unpaired) electrons. The number of aromatic nitrogens is 2. The van der Waals surface area contributed by atoms with Gasteiger partial charge >= 0.3 is 0 Å². The monoisotopic (exact) mass is 715 g/mol. The van der Waals surface area contributed by atoms with E-state index in [4.69, 9.17) is 37.7 Å². The topological polar surface area (TPSA) is 92.4 Å². The first kappa shape index (κ1) is 32.6. The van der Waals surface area contributed by atoms with Crippen LogP contribution in [0.3, 0.4) is 0 Å². The molecule has 1 N–H and O–H groups in total. The summed E-state index contributed by atoms with van der Waals surface area (Å²) in [6.07, 6.45) is 5.17. The number of benzene rings is 2. The van der Waals surface area contributed by atoms with Crippen LogP contribution in [0.4, 0.5) is 4.39 Å². The van der Waals surface area contributed by atoms with Gasteiger partial charge in [0.15, 0.2) is 5.82 Å². The minimum Gasteiger partial charge on any atom is -0.381 e. The van der Waals surface area contributed by atoms with Crippen LogP contribution in [-0.2, 0) is 20.7 Å². The molecule has 6 atom stereocenters. The van der Waals surface area contributed by atoms with Gasteiger partial charge in [-0.15, -0.1) is 0 Å². The van der Waals surface area contributed by atoms with Gasteiger partial charge in [0.25, 0.3) is 0 Å². The lowest BCUT2D eigenvalue weighted by molar-refractivity contribution is -0.134. The fourth-order valence-electron chi connectivity index (χ4n) is 9.09. The van der Waals surface area contributed by atoms with E-state index in [1.54, 1.807) is 18.2 Å². The number of amides is 1. The molecule has 2 bridgehead atoms. The second-order valence-corrected chi connectivity index (χ2v) is 15.8. The number of pyridine rings is 1. The molecular weight excluding hydrogens is 676 g/mol. The lowest BCUT2D eigenvalue weighted by Crippen LogP contribution is -2.41. The number of hydrogen-bond donors (Lipinski definition) is 1. The van der Waals surface area contributed by atoms with Crippen LogP contribution < -0.4 is 5.32 Å². The van der Waals surface area contributed by atoms with Gasteiger partial charge < -0.3 is 24.3 Å². The number of nitrogens with zero attached hydrogens (tertiary/aromatic N) is 4. The van der Waals surface area contributed by atoms with Gasteiger partial charge in [-0.05, 0) is 68.7 Å². The Balaban J connectivity index is 1.24. The number of fused-ring (bicyclic) bond motifs is 4. The highest BCUT2D eigenvalue weighted by Crippen LogP contribution is 2.51. The average Bonchev–Trinajstić information content (AvgIpc) is 3.62. The highest BCUT2D eigenvalue weighted by atomic mass is 35.5. The van der Waals surface area contributed by atoms with Crippen LogP contribution in [0.25, 0.3) is 32.9 Å². The normalized spacial score (nSPS) is 27.4. The number of carbonyl (C=O) groups is 1. The SMILES string of the molecule is Cc1nc2c(F)c(-c3cccc(Cl)c3Cl)c(CCC#N)cc2c2c1cc([C@H]1C[C@H](OC[C@H]3CCOC3)CN1C(=O)C1CC1)n2[C@H]1[C@H]2CN[C@@H]1C2.